The molecule has 0 aromatic carbocycles. The maximum Gasteiger partial charge on any atom is 0.217 e. The zero-order valence-electron chi connectivity index (χ0n) is 49.1. The van der Waals surface area contributed by atoms with Crippen LogP contribution in [0.15, 0.2) is 0 Å². The molecule has 91 heavy (non-hydrogen) atoms. The van der Waals surface area contributed by atoms with E-state index in [0.29, 0.717) is 0 Å². The Balaban J connectivity index is 1.17. The summed E-state index contributed by atoms with van der Waals surface area (Å²) in [5.41, 5.74) is 0. The fraction of sp³-hybridized carbons (Fsp3) is 0.961. The van der Waals surface area contributed by atoms with E-state index >= 15 is 0 Å². The second-order valence-electron chi connectivity index (χ2n) is 23.4. The van der Waals surface area contributed by atoms with Crippen molar-refractivity contribution in [2.75, 3.05) is 39.6 Å². The van der Waals surface area contributed by atoms with E-state index < -0.39 is 291 Å². The first-order valence-electron chi connectivity index (χ1n) is 29.2. The van der Waals surface area contributed by atoms with Gasteiger partial charge in [-0.2, -0.15) is 0 Å². The normalized spacial score (nSPS) is 51.7. The summed E-state index contributed by atoms with van der Waals surface area (Å²) < 4.78 is 89.1. The van der Waals surface area contributed by atoms with Gasteiger partial charge in [0.15, 0.2) is 50.3 Å². The van der Waals surface area contributed by atoms with E-state index in [4.69, 9.17) is 71.1 Å². The molecule has 2 amide bonds. The van der Waals surface area contributed by atoms with Crippen molar-refractivity contribution in [3.8, 4) is 0 Å². The highest BCUT2D eigenvalue weighted by Gasteiger charge is 2.60. The molecular weight excluding hydrogens is 1250 g/mol. The van der Waals surface area contributed by atoms with Crippen LogP contribution in [0.4, 0.5) is 0 Å². The molecule has 8 aliphatic heterocycles. The van der Waals surface area contributed by atoms with Crippen LogP contribution >= 0.6 is 0 Å². The third-order valence-electron chi connectivity index (χ3n) is 17.0. The first-order chi connectivity index (χ1) is 42.9. The van der Waals surface area contributed by atoms with E-state index in [1.165, 1.54) is 13.8 Å². The Kier molecular flexibility index (Phi) is 26.0. The summed E-state index contributed by atoms with van der Waals surface area (Å²) in [6.45, 7) is -1.19. The van der Waals surface area contributed by atoms with Crippen LogP contribution in [0.1, 0.15) is 27.7 Å². The third-order valence-corrected chi connectivity index (χ3v) is 17.0. The number of amides is 2. The van der Waals surface area contributed by atoms with Crippen molar-refractivity contribution in [1.82, 2.24) is 10.6 Å². The van der Waals surface area contributed by atoms with Crippen LogP contribution in [-0.2, 0) is 80.6 Å². The lowest BCUT2D eigenvalue weighted by atomic mass is 9.93. The lowest BCUT2D eigenvalue weighted by Crippen LogP contribution is -2.71. The molecule has 8 rings (SSSR count). The van der Waals surface area contributed by atoms with Gasteiger partial charge in [0.2, 0.25) is 11.8 Å². The van der Waals surface area contributed by atoms with Gasteiger partial charge in [0.05, 0.1) is 51.8 Å². The molecule has 1 unspecified atom stereocenters. The Labute approximate surface area is 516 Å². The zero-order valence-corrected chi connectivity index (χ0v) is 49.1. The van der Waals surface area contributed by atoms with Gasteiger partial charge in [-0.15, -0.1) is 0 Å². The van der Waals surface area contributed by atoms with Crippen molar-refractivity contribution in [2.24, 2.45) is 0 Å². The van der Waals surface area contributed by atoms with Gasteiger partial charge >= 0.3 is 0 Å². The molecule has 40 heteroatoms. The molecule has 0 bridgehead atoms. The maximum absolute atomic E-state index is 13.3. The summed E-state index contributed by atoms with van der Waals surface area (Å²) in [6, 6.07) is -3.78. The number of hydrogen-bond donors (Lipinski definition) is 23. The van der Waals surface area contributed by atoms with Crippen molar-refractivity contribution in [2.45, 2.75) is 267 Å². The van der Waals surface area contributed by atoms with Crippen molar-refractivity contribution >= 4 is 11.8 Å². The van der Waals surface area contributed by atoms with Crippen LogP contribution in [0.5, 0.6) is 0 Å². The average Bonchev–Trinajstić information content (AvgIpc) is 0.779. The summed E-state index contributed by atoms with van der Waals surface area (Å²) in [4.78, 5) is 26.1. The second-order valence-corrected chi connectivity index (χ2v) is 23.4. The molecule has 8 fully saturated rings. The topological polar surface area (TPSA) is 621 Å². The lowest BCUT2D eigenvalue weighted by molar-refractivity contribution is -0.405. The molecule has 40 nitrogen and oxygen atoms in total. The van der Waals surface area contributed by atoms with E-state index in [-0.39, 0.29) is 0 Å². The quantitative estimate of drug-likeness (QED) is 0.0507. The largest absolute Gasteiger partial charge is 0.394 e. The molecule has 0 aliphatic carbocycles. The number of aliphatic hydroxyl groups excluding tert-OH is 21. The van der Waals surface area contributed by atoms with Crippen LogP contribution in [0.3, 0.4) is 0 Å². The van der Waals surface area contributed by atoms with Gasteiger partial charge in [-0.1, -0.05) is 0 Å². The molecule has 0 aromatic heterocycles. The standard InChI is InChI=1S/C51H86N2O38/c1-11-23(60)30(67)35(72)46(80-11)79-10-20-40(41(22(44(76)82-20)53-14(4)58)89-49-37(74)31(68)24(61)12(2)81-49)88-45-21(52-13(3)57)29(66)39(18(7-56)85-45)87-51-43(91-48-34(71)25(62)15(59)8-77-48)42(90-50-38(75)33(70)27(64)17(6-55)84-50)28(65)19(86-51)9-78-47-36(73)32(69)26(63)16(5-54)83-47/h11-12,15-51,54-56,59-76H,5-10H2,1-4H3,(H,52,57)(H,53,58)/t11-,12-,15+,16+,17+,18+,19+,20+,21+,22+,23+,24+,25-,26+,27+,28+,29+,30+,31+,32-,33-,34+,35-,36-,37-,38-,39+,40+,41+,42-,43-,44+,45-,46+,47+,48?,49-,50-,51-/m0/s1. The number of carbonyl (C=O) groups excluding carboxylic acids is 2. The van der Waals surface area contributed by atoms with Crippen LogP contribution in [0, 0.1) is 0 Å². The number of aliphatic hydroxyl groups is 21. The number of rotatable bonds is 21. The molecule has 8 aliphatic rings. The van der Waals surface area contributed by atoms with E-state index in [1.807, 2.05) is 0 Å². The van der Waals surface area contributed by atoms with Crippen molar-refractivity contribution in [3.05, 3.63) is 0 Å². The Morgan fingerprint density at radius 2 is 0.758 bits per heavy atom. The number of carbonyl (C=O) groups is 2. The van der Waals surface area contributed by atoms with Gasteiger partial charge in [-0.3, -0.25) is 9.59 Å². The minimum Gasteiger partial charge on any atom is -0.394 e. The highest BCUT2D eigenvalue weighted by molar-refractivity contribution is 5.73. The number of nitrogens with one attached hydrogen (secondary N) is 2. The van der Waals surface area contributed by atoms with Crippen molar-refractivity contribution in [1.29, 1.82) is 0 Å². The average molecular weight is 1340 g/mol. The van der Waals surface area contributed by atoms with Crippen LogP contribution in [-0.4, -0.2) is 398 Å². The van der Waals surface area contributed by atoms with Gasteiger partial charge in [0, 0.05) is 13.8 Å². The van der Waals surface area contributed by atoms with Gasteiger partial charge in [-0.25, -0.2) is 0 Å². The summed E-state index contributed by atoms with van der Waals surface area (Å²) in [5.74, 6) is -1.81. The summed E-state index contributed by atoms with van der Waals surface area (Å²) in [5, 5.41) is 234. The summed E-state index contributed by atoms with van der Waals surface area (Å²) >= 11 is 0. The van der Waals surface area contributed by atoms with Gasteiger partial charge in [0.25, 0.3) is 0 Å². The van der Waals surface area contributed by atoms with Crippen molar-refractivity contribution in [3.63, 3.8) is 0 Å². The highest BCUT2D eigenvalue weighted by atomic mass is 16.8. The predicted molar refractivity (Wildman–Crippen MR) is 279 cm³/mol. The molecule has 0 aromatic rings. The second kappa shape index (κ2) is 31.8. The van der Waals surface area contributed by atoms with E-state index in [2.05, 4.69) is 10.6 Å². The van der Waals surface area contributed by atoms with Crippen molar-refractivity contribution < 1.29 is 188 Å². The summed E-state index contributed by atoms with van der Waals surface area (Å²) in [7, 11) is 0. The highest BCUT2D eigenvalue weighted by Crippen LogP contribution is 2.39. The molecular formula is C51H86N2O38. The number of hydrogen-bond acceptors (Lipinski definition) is 38. The van der Waals surface area contributed by atoms with E-state index in [9.17, 15) is 117 Å². The van der Waals surface area contributed by atoms with E-state index in [1.54, 1.807) is 0 Å². The van der Waals surface area contributed by atoms with E-state index in [0.717, 1.165) is 13.8 Å². The Bertz CT molecular complexity index is 2290. The minimum absolute atomic E-state index is 0.740. The SMILES string of the molecule is CC(=O)N[C@@H]1[C@@H](O[C@@H]2O[C@@H](C)[C@@H](O)[C@@H](O)[C@@H]2O)[C@H](O[C@@H]2O[C@H](CO)[C@@H](O[C@@H]3O[C@H](CO[C@@H]4O[C@H](CO)[C@@H](O)[C@H](O)[C@@H]4O)[C@@H](O)[C@H](O[C@@H]4O[C@H](CO)[C@@H](O)[C@H](O)[C@@H]4O)[C@@H]3OC3OC[C@@H](O)[C@H](O)[C@H]3O)[C@H](O)[C@H]2NC(C)=O)[C@@H](CO[C@@H]2O[C@@H](C)[C@@H](O)[C@@H](O)[C@@H]2O)O[C@H]1O. The molecule has 0 radical (unpaired) electrons. The smallest absolute Gasteiger partial charge is 0.217 e. The first-order valence-corrected chi connectivity index (χ1v) is 29.2. The molecule has 528 valence electrons. The maximum atomic E-state index is 13.3. The fourth-order valence-electron chi connectivity index (χ4n) is 11.7. The zero-order chi connectivity index (χ0) is 66.9. The van der Waals surface area contributed by atoms with Gasteiger partial charge < -0.3 is 189 Å². The molecule has 0 spiro atoms. The third kappa shape index (κ3) is 16.2. The Morgan fingerprint density at radius 1 is 0.352 bits per heavy atom. The Hall–Kier alpha value is -2.50. The van der Waals surface area contributed by atoms with Gasteiger partial charge in [-0.05, 0) is 13.8 Å². The van der Waals surface area contributed by atoms with Crippen LogP contribution in [0.25, 0.3) is 0 Å². The fourth-order valence-corrected chi connectivity index (χ4v) is 11.7. The summed E-state index contributed by atoms with van der Waals surface area (Å²) in [6.07, 6.45) is -72.2. The molecule has 0 saturated carbocycles. The minimum atomic E-state index is -2.32. The molecule has 23 N–H and O–H groups in total. The monoisotopic (exact) mass is 1330 g/mol. The first kappa shape index (κ1) is 74.3. The van der Waals surface area contributed by atoms with Gasteiger partial charge in [0.1, 0.15) is 177 Å². The molecule has 8 saturated heterocycles. The molecule has 39 atom stereocenters. The number of ether oxygens (including phenoxy) is 15. The van der Waals surface area contributed by atoms with Crippen LogP contribution < -0.4 is 10.6 Å². The van der Waals surface area contributed by atoms with Crippen LogP contribution in [0.2, 0.25) is 0 Å². The lowest BCUT2D eigenvalue weighted by Gasteiger charge is -2.52. The Morgan fingerprint density at radius 3 is 1.31 bits per heavy atom. The predicted octanol–water partition coefficient (Wildman–Crippen LogP) is -15.5. The molecule has 8 heterocycles.